The van der Waals surface area contributed by atoms with E-state index < -0.39 is 0 Å². The van der Waals surface area contributed by atoms with E-state index in [-0.39, 0.29) is 5.79 Å². The van der Waals surface area contributed by atoms with Crippen LogP contribution in [0.3, 0.4) is 0 Å². The number of hydrogen-bond acceptors (Lipinski definition) is 3. The van der Waals surface area contributed by atoms with Crippen molar-refractivity contribution in [3.05, 3.63) is 42.0 Å². The zero-order chi connectivity index (χ0) is 15.5. The Hall–Kier alpha value is -0.770. The average Bonchev–Trinajstić information content (AvgIpc) is 3.20. The highest BCUT2D eigenvalue weighted by molar-refractivity contribution is 8.00. The molecule has 2 aliphatic carbocycles. The molecule has 3 aliphatic rings. The highest BCUT2D eigenvalue weighted by atomic mass is 32.2. The Morgan fingerprint density at radius 1 is 1.00 bits per heavy atom. The van der Waals surface area contributed by atoms with E-state index in [1.54, 1.807) is 5.57 Å². The lowest BCUT2D eigenvalue weighted by Crippen LogP contribution is -2.43. The van der Waals surface area contributed by atoms with Crippen molar-refractivity contribution in [3.63, 3.8) is 0 Å². The summed E-state index contributed by atoms with van der Waals surface area (Å²) in [6.07, 6.45) is 11.1. The van der Waals surface area contributed by atoms with Crippen LogP contribution in [0.4, 0.5) is 0 Å². The first-order chi connectivity index (χ1) is 11.4. The Balaban J connectivity index is 1.63. The van der Waals surface area contributed by atoms with Gasteiger partial charge in [0.2, 0.25) is 0 Å². The smallest absolute Gasteiger partial charge is 0.176 e. The topological polar surface area (TPSA) is 18.5 Å². The van der Waals surface area contributed by atoms with E-state index in [2.05, 4.69) is 36.4 Å². The van der Waals surface area contributed by atoms with E-state index in [1.807, 2.05) is 11.8 Å². The zero-order valence-corrected chi connectivity index (χ0v) is 14.5. The Bertz CT molecular complexity index is 548. The second-order valence-corrected chi connectivity index (χ2v) is 8.19. The molecule has 23 heavy (non-hydrogen) atoms. The lowest BCUT2D eigenvalue weighted by atomic mass is 9.89. The molecule has 1 aliphatic heterocycles. The quantitative estimate of drug-likeness (QED) is 0.695. The van der Waals surface area contributed by atoms with Crippen molar-refractivity contribution in [1.29, 1.82) is 0 Å². The van der Waals surface area contributed by atoms with Gasteiger partial charge in [0.15, 0.2) is 5.79 Å². The molecule has 2 atom stereocenters. The molecule has 124 valence electrons. The Morgan fingerprint density at radius 3 is 2.65 bits per heavy atom. The van der Waals surface area contributed by atoms with Crippen molar-refractivity contribution in [1.82, 2.24) is 0 Å². The van der Waals surface area contributed by atoms with Gasteiger partial charge in [-0.05, 0) is 44.2 Å². The van der Waals surface area contributed by atoms with Crippen LogP contribution in [0.25, 0.3) is 0 Å². The molecule has 0 bridgehead atoms. The second-order valence-electron chi connectivity index (χ2n) is 6.87. The van der Waals surface area contributed by atoms with Crippen LogP contribution in [0.15, 0.2) is 46.9 Å². The fraction of sp³-hybridized carbons (Fsp3) is 0.600. The lowest BCUT2D eigenvalue weighted by Gasteiger charge is -2.37. The monoisotopic (exact) mass is 330 g/mol. The summed E-state index contributed by atoms with van der Waals surface area (Å²) in [5, 5.41) is 0.569. The molecule has 2 nitrogen and oxygen atoms in total. The Labute approximate surface area is 143 Å². The van der Waals surface area contributed by atoms with Gasteiger partial charge in [-0.15, -0.1) is 11.8 Å². The van der Waals surface area contributed by atoms with E-state index in [4.69, 9.17) is 9.47 Å². The van der Waals surface area contributed by atoms with Crippen molar-refractivity contribution in [2.45, 2.75) is 60.9 Å². The number of ether oxygens (including phenoxy) is 2. The predicted octanol–water partition coefficient (Wildman–Crippen LogP) is 5.19. The van der Waals surface area contributed by atoms with Gasteiger partial charge >= 0.3 is 0 Å². The van der Waals surface area contributed by atoms with Crippen LogP contribution in [0.5, 0.6) is 0 Å². The van der Waals surface area contributed by atoms with E-state index >= 15 is 0 Å². The highest BCUT2D eigenvalue weighted by Crippen LogP contribution is 2.51. The summed E-state index contributed by atoms with van der Waals surface area (Å²) in [6.45, 7) is 1.51. The molecule has 1 saturated heterocycles. The van der Waals surface area contributed by atoms with Gasteiger partial charge in [-0.25, -0.2) is 0 Å². The molecule has 1 saturated carbocycles. The average molecular weight is 330 g/mol. The normalized spacial score (nSPS) is 32.6. The number of allylic oxidation sites excluding steroid dienone is 1. The molecule has 0 N–H and O–H groups in total. The summed E-state index contributed by atoms with van der Waals surface area (Å²) in [5.41, 5.74) is 1.60. The first-order valence-electron chi connectivity index (χ1n) is 9.06. The van der Waals surface area contributed by atoms with Crippen LogP contribution in [-0.4, -0.2) is 24.3 Å². The van der Waals surface area contributed by atoms with Gasteiger partial charge in [0, 0.05) is 22.5 Å². The third-order valence-corrected chi connectivity index (χ3v) is 6.76. The molecule has 0 radical (unpaired) electrons. The largest absolute Gasteiger partial charge is 0.347 e. The molecule has 0 amide bonds. The summed E-state index contributed by atoms with van der Waals surface area (Å²) in [5.74, 6) is 0.0763. The van der Waals surface area contributed by atoms with Gasteiger partial charge < -0.3 is 9.47 Å². The predicted molar refractivity (Wildman–Crippen MR) is 94.6 cm³/mol. The summed E-state index contributed by atoms with van der Waals surface area (Å²) in [7, 11) is 0. The molecule has 2 fully saturated rings. The van der Waals surface area contributed by atoms with E-state index in [1.165, 1.54) is 43.4 Å². The van der Waals surface area contributed by atoms with Gasteiger partial charge in [-0.1, -0.05) is 36.3 Å². The number of fused-ring (bicyclic) bond motifs is 2. The van der Waals surface area contributed by atoms with Crippen molar-refractivity contribution in [2.75, 3.05) is 13.2 Å². The van der Waals surface area contributed by atoms with Gasteiger partial charge in [0.25, 0.3) is 0 Å². The van der Waals surface area contributed by atoms with Gasteiger partial charge in [-0.3, -0.25) is 0 Å². The molecule has 4 rings (SSSR count). The van der Waals surface area contributed by atoms with E-state index in [9.17, 15) is 0 Å². The van der Waals surface area contributed by atoms with Crippen LogP contribution >= 0.6 is 11.8 Å². The van der Waals surface area contributed by atoms with E-state index in [0.717, 1.165) is 19.6 Å². The Kier molecular flexibility index (Phi) is 4.79. The molecule has 1 aromatic rings. The van der Waals surface area contributed by atoms with Gasteiger partial charge in [-0.2, -0.15) is 0 Å². The van der Waals surface area contributed by atoms with Crippen LogP contribution in [-0.2, 0) is 9.47 Å². The van der Waals surface area contributed by atoms with Gasteiger partial charge in [0.05, 0.1) is 13.2 Å². The second kappa shape index (κ2) is 7.00. The lowest BCUT2D eigenvalue weighted by molar-refractivity contribution is -0.189. The van der Waals surface area contributed by atoms with Crippen molar-refractivity contribution in [3.8, 4) is 0 Å². The molecule has 1 heterocycles. The summed E-state index contributed by atoms with van der Waals surface area (Å²) in [4.78, 5) is 1.37. The minimum absolute atomic E-state index is 0.348. The SMILES string of the molecule is C1=C2/CCC(Sc3ccccc3)C2C2(CCCCC/1)OCCO2. The minimum Gasteiger partial charge on any atom is -0.347 e. The third kappa shape index (κ3) is 3.24. The first-order valence-corrected chi connectivity index (χ1v) is 9.94. The molecule has 2 unspecified atom stereocenters. The van der Waals surface area contributed by atoms with Crippen LogP contribution in [0.1, 0.15) is 44.9 Å². The Morgan fingerprint density at radius 2 is 1.83 bits per heavy atom. The number of benzene rings is 1. The molecule has 1 aromatic carbocycles. The third-order valence-electron chi connectivity index (χ3n) is 5.41. The maximum absolute atomic E-state index is 6.28. The zero-order valence-electron chi connectivity index (χ0n) is 13.7. The number of hydrogen-bond donors (Lipinski definition) is 0. The highest BCUT2D eigenvalue weighted by Gasteiger charge is 2.51. The van der Waals surface area contributed by atoms with Gasteiger partial charge in [0.1, 0.15) is 0 Å². The maximum Gasteiger partial charge on any atom is 0.176 e. The van der Waals surface area contributed by atoms with Crippen LogP contribution in [0, 0.1) is 5.92 Å². The summed E-state index contributed by atoms with van der Waals surface area (Å²) >= 11 is 2.02. The van der Waals surface area contributed by atoms with E-state index in [0.29, 0.717) is 11.2 Å². The molecular formula is C20H26O2S. The van der Waals surface area contributed by atoms with Crippen LogP contribution < -0.4 is 0 Å². The van der Waals surface area contributed by atoms with Crippen LogP contribution in [0.2, 0.25) is 0 Å². The van der Waals surface area contributed by atoms with Crippen molar-refractivity contribution in [2.24, 2.45) is 5.92 Å². The molecular weight excluding hydrogens is 304 g/mol. The van der Waals surface area contributed by atoms with Crippen molar-refractivity contribution < 1.29 is 9.47 Å². The number of thioether (sulfide) groups is 1. The molecule has 1 spiro atoms. The molecule has 3 heteroatoms. The maximum atomic E-state index is 6.28. The molecule has 0 aromatic heterocycles. The fourth-order valence-corrected chi connectivity index (χ4v) is 5.81. The number of rotatable bonds is 2. The summed E-state index contributed by atoms with van der Waals surface area (Å²) in [6, 6.07) is 10.8. The standard InChI is InChI=1S/C20H26O2S/c1-2-7-13-20(21-14-15-22-20)19-16(8-4-1)11-12-18(19)23-17-9-5-3-6-10-17/h3,5-6,8-10,18-19H,1-2,4,7,11-15H2/b16-8-. The fourth-order valence-electron chi connectivity index (χ4n) is 4.40. The minimum atomic E-state index is -0.348. The summed E-state index contributed by atoms with van der Waals surface area (Å²) < 4.78 is 12.6. The van der Waals surface area contributed by atoms with Crippen molar-refractivity contribution >= 4 is 11.8 Å². The first kappa shape index (κ1) is 15.7.